The van der Waals surface area contributed by atoms with Crippen molar-refractivity contribution in [2.24, 2.45) is 5.92 Å². The second kappa shape index (κ2) is 11.1. The number of nitrogens with zero attached hydrogens (tertiary/aromatic N) is 4. The third-order valence-electron chi connectivity index (χ3n) is 9.37. The largest absolute Gasteiger partial charge is 0.493 e. The number of fused-ring (bicyclic) bond motifs is 9. The van der Waals surface area contributed by atoms with Crippen molar-refractivity contribution in [1.82, 2.24) is 19.7 Å². The summed E-state index contributed by atoms with van der Waals surface area (Å²) < 4.78 is 12.9. The van der Waals surface area contributed by atoms with Gasteiger partial charge in [-0.3, -0.25) is 24.1 Å². The third kappa shape index (κ3) is 4.54. The summed E-state index contributed by atoms with van der Waals surface area (Å²) in [5.41, 5.74) is 3.11. The maximum Gasteiger partial charge on any atom is 0.264 e. The van der Waals surface area contributed by atoms with E-state index in [1.54, 1.807) is 52.3 Å². The number of anilines is 1. The zero-order valence-electron chi connectivity index (χ0n) is 24.8. The molecule has 4 aliphatic rings. The number of piperidine rings is 1. The number of methoxy groups -OCH3 is 2. The lowest BCUT2D eigenvalue weighted by Crippen LogP contribution is -2.50. The standard InChI is InChI=1S/C33H35N5O6/c1-43-26-11-10-23-29(30(26)44-2)33(42)38-25-7-4-3-6-22(25)32(41)36(31(23)38)14-12-27(39)34-13-15-35-17-20-16-21(19-35)24-8-5-9-28(40)37(24)18-20/h3-11,20-21,31H,12-19H2,1-2H3,(H,34,39)/t20-,21+,31-/m1/s1. The van der Waals surface area contributed by atoms with E-state index < -0.39 is 6.17 Å². The van der Waals surface area contributed by atoms with E-state index in [0.29, 0.717) is 58.8 Å². The number of aromatic nitrogens is 1. The van der Waals surface area contributed by atoms with Crippen LogP contribution in [0.25, 0.3) is 0 Å². The van der Waals surface area contributed by atoms with Crippen LogP contribution in [-0.4, -0.2) is 79.0 Å². The number of pyridine rings is 1. The van der Waals surface area contributed by atoms with Crippen molar-refractivity contribution in [3.05, 3.63) is 87.3 Å². The van der Waals surface area contributed by atoms with Crippen molar-refractivity contribution in [1.29, 1.82) is 0 Å². The minimum atomic E-state index is -0.698. The number of para-hydroxylation sites is 1. The summed E-state index contributed by atoms with van der Waals surface area (Å²) >= 11 is 0. The monoisotopic (exact) mass is 597 g/mol. The molecule has 3 amide bonds. The molecule has 0 unspecified atom stereocenters. The second-order valence-electron chi connectivity index (χ2n) is 11.9. The molecule has 11 heteroatoms. The molecule has 4 aliphatic heterocycles. The van der Waals surface area contributed by atoms with Gasteiger partial charge in [0.25, 0.3) is 17.4 Å². The Bertz CT molecular complexity index is 1720. The summed E-state index contributed by atoms with van der Waals surface area (Å²) in [5, 5.41) is 3.03. The smallest absolute Gasteiger partial charge is 0.264 e. The Hall–Kier alpha value is -4.64. The van der Waals surface area contributed by atoms with E-state index in [1.165, 1.54) is 14.2 Å². The maximum absolute atomic E-state index is 13.8. The highest BCUT2D eigenvalue weighted by Gasteiger charge is 2.49. The van der Waals surface area contributed by atoms with Gasteiger partial charge in [-0.25, -0.2) is 0 Å². The van der Waals surface area contributed by atoms with E-state index in [1.807, 2.05) is 10.6 Å². The highest BCUT2D eigenvalue weighted by atomic mass is 16.5. The highest BCUT2D eigenvalue weighted by Crippen LogP contribution is 2.49. The van der Waals surface area contributed by atoms with Gasteiger partial charge in [0, 0.05) is 68.9 Å². The number of hydrogen-bond acceptors (Lipinski definition) is 7. The molecule has 0 saturated carbocycles. The SMILES string of the molecule is COc1ccc2c(c1OC)C(=O)N1c3ccccc3C(=O)N(CCC(=O)NCCN3C[C@H]4C[C@@H](C3)c3cccc(=O)n3C4)[C@@H]21. The Balaban J connectivity index is 1.03. The number of hydrogen-bond donors (Lipinski definition) is 1. The molecule has 44 heavy (non-hydrogen) atoms. The summed E-state index contributed by atoms with van der Waals surface area (Å²) in [4.78, 5) is 58.5. The quantitative estimate of drug-likeness (QED) is 0.425. The summed E-state index contributed by atoms with van der Waals surface area (Å²) in [6, 6.07) is 16.1. The van der Waals surface area contributed by atoms with E-state index in [0.717, 1.165) is 31.7 Å². The number of benzene rings is 2. The third-order valence-corrected chi connectivity index (χ3v) is 9.37. The van der Waals surface area contributed by atoms with Crippen molar-refractivity contribution in [2.45, 2.75) is 31.5 Å². The average Bonchev–Trinajstić information content (AvgIpc) is 3.33. The zero-order chi connectivity index (χ0) is 30.5. The molecule has 1 N–H and O–H groups in total. The number of rotatable bonds is 8. The lowest BCUT2D eigenvalue weighted by Gasteiger charge is -2.42. The van der Waals surface area contributed by atoms with Crippen LogP contribution < -0.4 is 25.2 Å². The van der Waals surface area contributed by atoms with E-state index in [-0.39, 0.29) is 36.2 Å². The first-order valence-electron chi connectivity index (χ1n) is 15.1. The van der Waals surface area contributed by atoms with E-state index >= 15 is 0 Å². The topological polar surface area (TPSA) is 113 Å². The predicted octanol–water partition coefficient (Wildman–Crippen LogP) is 2.61. The van der Waals surface area contributed by atoms with Gasteiger partial charge in [-0.1, -0.05) is 24.3 Å². The van der Waals surface area contributed by atoms with Gasteiger partial charge >= 0.3 is 0 Å². The van der Waals surface area contributed by atoms with Crippen LogP contribution in [0.4, 0.5) is 5.69 Å². The first-order chi connectivity index (χ1) is 21.4. The molecular formula is C33H35N5O6. The Kier molecular flexibility index (Phi) is 7.12. The average molecular weight is 598 g/mol. The van der Waals surface area contributed by atoms with E-state index in [9.17, 15) is 19.2 Å². The van der Waals surface area contributed by atoms with Gasteiger partial charge in [0.05, 0.1) is 31.0 Å². The molecule has 3 atom stereocenters. The number of likely N-dealkylation sites (tertiary alicyclic amines) is 1. The molecule has 1 saturated heterocycles. The predicted molar refractivity (Wildman–Crippen MR) is 162 cm³/mol. The lowest BCUT2D eigenvalue weighted by atomic mass is 9.83. The molecule has 3 aromatic rings. The molecule has 1 aromatic heterocycles. The van der Waals surface area contributed by atoms with E-state index in [2.05, 4.69) is 16.3 Å². The summed E-state index contributed by atoms with van der Waals surface area (Å²) in [6.07, 6.45) is 0.480. The molecular weight excluding hydrogens is 562 g/mol. The van der Waals surface area contributed by atoms with Crippen LogP contribution in [0.3, 0.4) is 0 Å². The van der Waals surface area contributed by atoms with Gasteiger partial charge in [-0.05, 0) is 36.6 Å². The molecule has 2 bridgehead atoms. The zero-order valence-corrected chi connectivity index (χ0v) is 24.8. The number of carbonyl (C=O) groups is 3. The van der Waals surface area contributed by atoms with Gasteiger partial charge < -0.3 is 29.2 Å². The Morgan fingerprint density at radius 1 is 0.909 bits per heavy atom. The molecule has 5 heterocycles. The fourth-order valence-corrected chi connectivity index (χ4v) is 7.49. The summed E-state index contributed by atoms with van der Waals surface area (Å²) in [7, 11) is 3.00. The summed E-state index contributed by atoms with van der Waals surface area (Å²) in [5.74, 6) is 0.819. The molecule has 0 spiro atoms. The minimum absolute atomic E-state index is 0.0704. The fourth-order valence-electron chi connectivity index (χ4n) is 7.49. The van der Waals surface area contributed by atoms with Gasteiger partial charge in [0.15, 0.2) is 11.5 Å². The molecule has 228 valence electrons. The van der Waals surface area contributed by atoms with Crippen LogP contribution in [0.1, 0.15) is 56.9 Å². The Labute approximate surface area is 254 Å². The Morgan fingerprint density at radius 2 is 1.75 bits per heavy atom. The molecule has 11 nitrogen and oxygen atoms in total. The molecule has 0 radical (unpaired) electrons. The van der Waals surface area contributed by atoms with Crippen molar-refractivity contribution in [3.63, 3.8) is 0 Å². The van der Waals surface area contributed by atoms with Crippen LogP contribution in [-0.2, 0) is 11.3 Å². The van der Waals surface area contributed by atoms with Gasteiger partial charge in [-0.15, -0.1) is 0 Å². The molecule has 0 aliphatic carbocycles. The molecule has 1 fully saturated rings. The summed E-state index contributed by atoms with van der Waals surface area (Å²) in [6.45, 7) is 3.84. The minimum Gasteiger partial charge on any atom is -0.493 e. The first kappa shape index (κ1) is 28.1. The van der Waals surface area contributed by atoms with Crippen LogP contribution >= 0.6 is 0 Å². The van der Waals surface area contributed by atoms with Crippen LogP contribution in [0, 0.1) is 5.92 Å². The van der Waals surface area contributed by atoms with Crippen molar-refractivity contribution in [2.75, 3.05) is 51.8 Å². The van der Waals surface area contributed by atoms with Gasteiger partial charge in [-0.2, -0.15) is 0 Å². The second-order valence-corrected chi connectivity index (χ2v) is 11.9. The first-order valence-corrected chi connectivity index (χ1v) is 15.1. The number of carbonyl (C=O) groups excluding carboxylic acids is 3. The van der Waals surface area contributed by atoms with Crippen molar-refractivity contribution >= 4 is 23.4 Å². The van der Waals surface area contributed by atoms with Gasteiger partial charge in [0.1, 0.15) is 6.17 Å². The van der Waals surface area contributed by atoms with Crippen LogP contribution in [0.2, 0.25) is 0 Å². The number of nitrogens with one attached hydrogen (secondary N) is 1. The maximum atomic E-state index is 13.8. The van der Waals surface area contributed by atoms with Crippen LogP contribution in [0.15, 0.2) is 59.4 Å². The lowest BCUT2D eigenvalue weighted by molar-refractivity contribution is -0.121. The molecule has 7 rings (SSSR count). The van der Waals surface area contributed by atoms with Crippen molar-refractivity contribution < 1.29 is 23.9 Å². The number of ether oxygens (including phenoxy) is 2. The van der Waals surface area contributed by atoms with Crippen LogP contribution in [0.5, 0.6) is 11.5 Å². The highest BCUT2D eigenvalue weighted by molar-refractivity contribution is 6.18. The number of amides is 3. The fraction of sp³-hybridized carbons (Fsp3) is 0.394. The normalized spacial score (nSPS) is 21.7. The van der Waals surface area contributed by atoms with Crippen molar-refractivity contribution in [3.8, 4) is 11.5 Å². The Morgan fingerprint density at radius 3 is 2.57 bits per heavy atom. The molecule has 2 aromatic carbocycles. The van der Waals surface area contributed by atoms with Gasteiger partial charge in [0.2, 0.25) is 5.91 Å². The van der Waals surface area contributed by atoms with E-state index in [4.69, 9.17) is 9.47 Å².